The number of halogens is 1. The molecule has 0 aliphatic carbocycles. The summed E-state index contributed by atoms with van der Waals surface area (Å²) in [4.78, 5) is 1.56. The number of benzene rings is 1. The van der Waals surface area contributed by atoms with Gasteiger partial charge in [-0.3, -0.25) is 0 Å². The van der Waals surface area contributed by atoms with Crippen LogP contribution >= 0.6 is 39.5 Å². The van der Waals surface area contributed by atoms with E-state index < -0.39 is 0 Å². The maximum absolute atomic E-state index is 5.80. The summed E-state index contributed by atoms with van der Waals surface area (Å²) in [5.74, 6) is 0.824. The van der Waals surface area contributed by atoms with Crippen molar-refractivity contribution in [2.24, 2.45) is 5.73 Å². The Balaban J connectivity index is 2.13. The molecule has 0 atom stereocenters. The summed E-state index contributed by atoms with van der Waals surface area (Å²) < 4.78 is 6.88. The SMILES string of the molecule is Cc1ccc(C(N)=S)cc1OCc1cc(Br)cs1. The predicted octanol–water partition coefficient (Wildman–Crippen LogP) is 4.03. The summed E-state index contributed by atoms with van der Waals surface area (Å²) in [5.41, 5.74) is 7.52. The quantitative estimate of drug-likeness (QED) is 0.852. The first-order chi connectivity index (χ1) is 8.56. The highest BCUT2D eigenvalue weighted by molar-refractivity contribution is 9.10. The minimum atomic E-state index is 0.388. The van der Waals surface area contributed by atoms with Gasteiger partial charge in [0.25, 0.3) is 0 Å². The zero-order valence-electron chi connectivity index (χ0n) is 9.77. The lowest BCUT2D eigenvalue weighted by atomic mass is 10.1. The average molecular weight is 342 g/mol. The molecule has 0 saturated heterocycles. The first kappa shape index (κ1) is 13.5. The molecule has 1 heterocycles. The Hall–Kier alpha value is -0.910. The van der Waals surface area contributed by atoms with Crippen LogP contribution in [-0.4, -0.2) is 4.99 Å². The molecule has 1 aromatic carbocycles. The van der Waals surface area contributed by atoms with Crippen molar-refractivity contribution in [3.05, 3.63) is 50.1 Å². The van der Waals surface area contributed by atoms with Gasteiger partial charge in [0, 0.05) is 20.3 Å². The van der Waals surface area contributed by atoms with Crippen LogP contribution in [0.5, 0.6) is 5.75 Å². The second-order valence-electron chi connectivity index (χ2n) is 3.86. The molecule has 2 nitrogen and oxygen atoms in total. The number of aryl methyl sites for hydroxylation is 1. The van der Waals surface area contributed by atoms with Crippen LogP contribution in [-0.2, 0) is 6.61 Å². The van der Waals surface area contributed by atoms with Crippen LogP contribution in [0.3, 0.4) is 0 Å². The second-order valence-corrected chi connectivity index (χ2v) is 6.22. The fraction of sp³-hybridized carbons (Fsp3) is 0.154. The van der Waals surface area contributed by atoms with Gasteiger partial charge in [-0.05, 0) is 40.5 Å². The summed E-state index contributed by atoms with van der Waals surface area (Å²) in [7, 11) is 0. The lowest BCUT2D eigenvalue weighted by molar-refractivity contribution is 0.307. The lowest BCUT2D eigenvalue weighted by Crippen LogP contribution is -2.09. The highest BCUT2D eigenvalue weighted by atomic mass is 79.9. The first-order valence-electron chi connectivity index (χ1n) is 5.32. The third kappa shape index (κ3) is 3.31. The van der Waals surface area contributed by atoms with Crippen molar-refractivity contribution in [3.63, 3.8) is 0 Å². The van der Waals surface area contributed by atoms with E-state index in [1.807, 2.05) is 30.5 Å². The molecule has 0 aliphatic rings. The van der Waals surface area contributed by atoms with Gasteiger partial charge in [0.15, 0.2) is 0 Å². The Bertz CT molecular complexity index is 580. The maximum atomic E-state index is 5.80. The van der Waals surface area contributed by atoms with Crippen molar-refractivity contribution < 1.29 is 4.74 Å². The lowest BCUT2D eigenvalue weighted by Gasteiger charge is -2.09. The van der Waals surface area contributed by atoms with E-state index in [0.29, 0.717) is 11.6 Å². The van der Waals surface area contributed by atoms with E-state index in [2.05, 4.69) is 22.0 Å². The number of hydrogen-bond acceptors (Lipinski definition) is 3. The fourth-order valence-corrected chi connectivity index (χ4v) is 2.98. The first-order valence-corrected chi connectivity index (χ1v) is 7.40. The van der Waals surface area contributed by atoms with Gasteiger partial charge in [-0.15, -0.1) is 11.3 Å². The fourth-order valence-electron chi connectivity index (χ4n) is 1.49. The van der Waals surface area contributed by atoms with Gasteiger partial charge in [0.05, 0.1) is 0 Å². The Labute approximate surface area is 124 Å². The maximum Gasteiger partial charge on any atom is 0.123 e. The van der Waals surface area contributed by atoms with E-state index in [0.717, 1.165) is 21.3 Å². The molecule has 0 bridgehead atoms. The van der Waals surface area contributed by atoms with Crippen molar-refractivity contribution in [1.29, 1.82) is 0 Å². The highest BCUT2D eigenvalue weighted by Gasteiger charge is 2.05. The molecule has 18 heavy (non-hydrogen) atoms. The molecular weight excluding hydrogens is 330 g/mol. The van der Waals surface area contributed by atoms with Crippen LogP contribution in [0.25, 0.3) is 0 Å². The van der Waals surface area contributed by atoms with Crippen molar-refractivity contribution >= 4 is 44.5 Å². The minimum absolute atomic E-state index is 0.388. The van der Waals surface area contributed by atoms with Crippen molar-refractivity contribution in [1.82, 2.24) is 0 Å². The molecular formula is C13H12BrNOS2. The largest absolute Gasteiger partial charge is 0.488 e. The summed E-state index contributed by atoms with van der Waals surface area (Å²) >= 11 is 10.1. The van der Waals surface area contributed by atoms with Crippen LogP contribution in [0.15, 0.2) is 34.1 Å². The van der Waals surface area contributed by atoms with Crippen LogP contribution < -0.4 is 10.5 Å². The number of hydrogen-bond donors (Lipinski definition) is 1. The summed E-state index contributed by atoms with van der Waals surface area (Å²) in [6.07, 6.45) is 0. The summed E-state index contributed by atoms with van der Waals surface area (Å²) in [5, 5.41) is 2.04. The van der Waals surface area contributed by atoms with Crippen molar-refractivity contribution in [2.45, 2.75) is 13.5 Å². The third-order valence-electron chi connectivity index (χ3n) is 2.46. The number of ether oxygens (including phenoxy) is 1. The van der Waals surface area contributed by atoms with Gasteiger partial charge in [0.2, 0.25) is 0 Å². The zero-order chi connectivity index (χ0) is 13.1. The molecule has 94 valence electrons. The van der Waals surface area contributed by atoms with Crippen LogP contribution in [0, 0.1) is 6.92 Å². The standard InChI is InChI=1S/C13H12BrNOS2/c1-8-2-3-9(13(15)17)4-12(8)16-6-11-5-10(14)7-18-11/h2-5,7H,6H2,1H3,(H2,15,17). The van der Waals surface area contributed by atoms with Gasteiger partial charge in [-0.25, -0.2) is 0 Å². The zero-order valence-corrected chi connectivity index (χ0v) is 13.0. The normalized spacial score (nSPS) is 10.3. The minimum Gasteiger partial charge on any atom is -0.488 e. The molecule has 0 radical (unpaired) electrons. The van der Waals surface area contributed by atoms with Crippen LogP contribution in [0.4, 0.5) is 0 Å². The van der Waals surface area contributed by atoms with E-state index in [-0.39, 0.29) is 0 Å². The van der Waals surface area contributed by atoms with E-state index in [1.165, 1.54) is 4.88 Å². The number of thiophene rings is 1. The average Bonchev–Trinajstić information content (AvgIpc) is 2.74. The van der Waals surface area contributed by atoms with Crippen molar-refractivity contribution in [2.75, 3.05) is 0 Å². The molecule has 0 aliphatic heterocycles. The molecule has 0 fully saturated rings. The van der Waals surface area contributed by atoms with Crippen molar-refractivity contribution in [3.8, 4) is 5.75 Å². The molecule has 0 spiro atoms. The van der Waals surface area contributed by atoms with Gasteiger partial charge < -0.3 is 10.5 Å². The van der Waals surface area contributed by atoms with Crippen LogP contribution in [0.1, 0.15) is 16.0 Å². The predicted molar refractivity (Wildman–Crippen MR) is 83.4 cm³/mol. The van der Waals surface area contributed by atoms with E-state index in [4.69, 9.17) is 22.7 Å². The molecule has 0 amide bonds. The number of nitrogens with two attached hydrogens (primary N) is 1. The van der Waals surface area contributed by atoms with Crippen LogP contribution in [0.2, 0.25) is 0 Å². The topological polar surface area (TPSA) is 35.2 Å². The van der Waals surface area contributed by atoms with Gasteiger partial charge in [-0.1, -0.05) is 24.4 Å². The summed E-state index contributed by atoms with van der Waals surface area (Å²) in [6, 6.07) is 7.82. The molecule has 1 aromatic heterocycles. The Kier molecular flexibility index (Phi) is 4.37. The summed E-state index contributed by atoms with van der Waals surface area (Å²) in [6.45, 7) is 2.56. The van der Waals surface area contributed by atoms with E-state index in [1.54, 1.807) is 11.3 Å². The van der Waals surface area contributed by atoms with Gasteiger partial charge in [-0.2, -0.15) is 0 Å². The van der Waals surface area contributed by atoms with Gasteiger partial charge in [0.1, 0.15) is 17.3 Å². The Morgan fingerprint density at radius 2 is 2.22 bits per heavy atom. The monoisotopic (exact) mass is 341 g/mol. The third-order valence-corrected chi connectivity index (χ3v) is 4.37. The molecule has 5 heteroatoms. The smallest absolute Gasteiger partial charge is 0.123 e. The number of rotatable bonds is 4. The molecule has 2 N–H and O–H groups in total. The highest BCUT2D eigenvalue weighted by Crippen LogP contribution is 2.24. The second kappa shape index (κ2) is 5.82. The molecule has 0 saturated carbocycles. The Morgan fingerprint density at radius 1 is 1.44 bits per heavy atom. The molecule has 2 rings (SSSR count). The molecule has 2 aromatic rings. The Morgan fingerprint density at radius 3 is 2.83 bits per heavy atom. The molecule has 0 unspecified atom stereocenters. The van der Waals surface area contributed by atoms with Gasteiger partial charge >= 0.3 is 0 Å². The van der Waals surface area contributed by atoms with E-state index >= 15 is 0 Å². The number of thiocarbonyl (C=S) groups is 1. The van der Waals surface area contributed by atoms with E-state index in [9.17, 15) is 0 Å².